The summed E-state index contributed by atoms with van der Waals surface area (Å²) in [7, 11) is 0. The van der Waals surface area contributed by atoms with Crippen molar-refractivity contribution in [2.75, 3.05) is 19.6 Å². The van der Waals surface area contributed by atoms with Crippen molar-refractivity contribution in [3.05, 3.63) is 78.0 Å². The van der Waals surface area contributed by atoms with Gasteiger partial charge in [0.25, 0.3) is 5.91 Å². The Morgan fingerprint density at radius 3 is 2.42 bits per heavy atom. The van der Waals surface area contributed by atoms with Gasteiger partial charge in [-0.2, -0.15) is 5.10 Å². The predicted molar refractivity (Wildman–Crippen MR) is 125 cm³/mol. The molecule has 31 heavy (non-hydrogen) atoms. The first-order valence-corrected chi connectivity index (χ1v) is 11.4. The molecule has 5 heteroatoms. The highest BCUT2D eigenvalue weighted by molar-refractivity contribution is 5.93. The molecule has 162 valence electrons. The molecule has 1 aliphatic rings. The minimum atomic E-state index is 0.0329. The van der Waals surface area contributed by atoms with Crippen LogP contribution in [0.1, 0.15) is 48.7 Å². The molecule has 5 nitrogen and oxygen atoms in total. The van der Waals surface area contributed by atoms with Crippen LogP contribution in [0.2, 0.25) is 0 Å². The fourth-order valence-corrected chi connectivity index (χ4v) is 4.33. The molecule has 4 rings (SSSR count). The smallest absolute Gasteiger partial charge is 0.272 e. The maximum absolute atomic E-state index is 13.6. The van der Waals surface area contributed by atoms with Gasteiger partial charge in [-0.3, -0.25) is 9.89 Å². The van der Waals surface area contributed by atoms with Crippen molar-refractivity contribution in [2.24, 2.45) is 0 Å². The second-order valence-corrected chi connectivity index (χ2v) is 8.38. The molecule has 0 bridgehead atoms. The van der Waals surface area contributed by atoms with Crippen molar-refractivity contribution < 1.29 is 4.79 Å². The van der Waals surface area contributed by atoms with Gasteiger partial charge in [0.1, 0.15) is 5.69 Å². The van der Waals surface area contributed by atoms with E-state index < -0.39 is 0 Å². The standard InChI is InChI=1S/C26H32N4O/c1-2-3-16-29-17-14-23(15-18-29)30(20-21-10-6-4-7-11-21)26(31)25-19-24(27-28-25)22-12-8-5-9-13-22/h4-13,19,23H,2-3,14-18,20H2,1H3,(H,27,28). The van der Waals surface area contributed by atoms with Crippen molar-refractivity contribution >= 4 is 5.91 Å². The zero-order valence-corrected chi connectivity index (χ0v) is 18.3. The molecule has 0 saturated carbocycles. The van der Waals surface area contributed by atoms with E-state index in [4.69, 9.17) is 0 Å². The number of aromatic nitrogens is 2. The molecule has 0 aliphatic carbocycles. The number of piperidine rings is 1. The molecule has 0 spiro atoms. The summed E-state index contributed by atoms with van der Waals surface area (Å²) in [4.78, 5) is 18.2. The Labute approximate surface area is 185 Å². The predicted octanol–water partition coefficient (Wildman–Crippen LogP) is 4.98. The third-order valence-corrected chi connectivity index (χ3v) is 6.16. The highest BCUT2D eigenvalue weighted by Gasteiger charge is 2.29. The van der Waals surface area contributed by atoms with E-state index in [0.717, 1.165) is 49.3 Å². The number of nitrogens with zero attached hydrogens (tertiary/aromatic N) is 3. The lowest BCUT2D eigenvalue weighted by atomic mass is 10.0. The first-order chi connectivity index (χ1) is 15.2. The van der Waals surface area contributed by atoms with E-state index in [1.165, 1.54) is 12.8 Å². The van der Waals surface area contributed by atoms with Crippen molar-refractivity contribution in [1.29, 1.82) is 0 Å². The Balaban J connectivity index is 1.52. The molecule has 1 aromatic heterocycles. The average molecular weight is 417 g/mol. The van der Waals surface area contributed by atoms with E-state index in [2.05, 4.69) is 39.1 Å². The van der Waals surface area contributed by atoms with Crippen LogP contribution >= 0.6 is 0 Å². The van der Waals surface area contributed by atoms with E-state index in [9.17, 15) is 4.79 Å². The number of carbonyl (C=O) groups is 1. The number of aromatic amines is 1. The number of amides is 1. The van der Waals surface area contributed by atoms with E-state index in [1.807, 2.05) is 54.6 Å². The van der Waals surface area contributed by atoms with Gasteiger partial charge in [-0.05, 0) is 37.4 Å². The van der Waals surface area contributed by atoms with Gasteiger partial charge in [-0.1, -0.05) is 74.0 Å². The van der Waals surface area contributed by atoms with Crippen molar-refractivity contribution in [3.63, 3.8) is 0 Å². The van der Waals surface area contributed by atoms with E-state index in [1.54, 1.807) is 0 Å². The largest absolute Gasteiger partial charge is 0.330 e. The quantitative estimate of drug-likeness (QED) is 0.563. The lowest BCUT2D eigenvalue weighted by Crippen LogP contribution is -2.47. The maximum atomic E-state index is 13.6. The molecule has 2 aromatic carbocycles. The molecule has 0 unspecified atom stereocenters. The number of unbranched alkanes of at least 4 members (excludes halogenated alkanes) is 1. The highest BCUT2D eigenvalue weighted by atomic mass is 16.2. The summed E-state index contributed by atoms with van der Waals surface area (Å²) >= 11 is 0. The molecular formula is C26H32N4O. The van der Waals surface area contributed by atoms with Crippen LogP contribution in [0.25, 0.3) is 11.3 Å². The molecule has 1 N–H and O–H groups in total. The normalized spacial score (nSPS) is 15.1. The minimum Gasteiger partial charge on any atom is -0.330 e. The number of nitrogens with one attached hydrogen (secondary N) is 1. The molecule has 1 fully saturated rings. The minimum absolute atomic E-state index is 0.0329. The molecule has 1 saturated heterocycles. The summed E-state index contributed by atoms with van der Waals surface area (Å²) in [5.41, 5.74) is 3.53. The number of H-pyrrole nitrogens is 1. The Morgan fingerprint density at radius 1 is 1.06 bits per heavy atom. The molecule has 1 amide bonds. The van der Waals surface area contributed by atoms with Crippen LogP contribution in [0.15, 0.2) is 66.7 Å². The first kappa shape index (κ1) is 21.3. The van der Waals surface area contributed by atoms with Gasteiger partial charge in [-0.25, -0.2) is 0 Å². The van der Waals surface area contributed by atoms with Gasteiger partial charge < -0.3 is 9.80 Å². The molecule has 3 aromatic rings. The lowest BCUT2D eigenvalue weighted by Gasteiger charge is -2.38. The fraction of sp³-hybridized carbons (Fsp3) is 0.385. The molecule has 0 radical (unpaired) electrons. The first-order valence-electron chi connectivity index (χ1n) is 11.4. The molecule has 0 atom stereocenters. The summed E-state index contributed by atoms with van der Waals surface area (Å²) in [6, 6.07) is 22.4. The van der Waals surface area contributed by atoms with E-state index in [-0.39, 0.29) is 11.9 Å². The second-order valence-electron chi connectivity index (χ2n) is 8.38. The lowest BCUT2D eigenvalue weighted by molar-refractivity contribution is 0.0543. The summed E-state index contributed by atoms with van der Waals surface area (Å²) in [6.45, 7) is 6.14. The summed E-state index contributed by atoms with van der Waals surface area (Å²) < 4.78 is 0. The number of carbonyl (C=O) groups excluding carboxylic acids is 1. The highest BCUT2D eigenvalue weighted by Crippen LogP contribution is 2.23. The topological polar surface area (TPSA) is 52.2 Å². The molecule has 2 heterocycles. The Hall–Kier alpha value is -2.92. The number of hydrogen-bond acceptors (Lipinski definition) is 3. The van der Waals surface area contributed by atoms with Crippen molar-refractivity contribution in [3.8, 4) is 11.3 Å². The monoisotopic (exact) mass is 416 g/mol. The number of rotatable bonds is 8. The van der Waals surface area contributed by atoms with Crippen LogP contribution in [-0.2, 0) is 6.54 Å². The second kappa shape index (κ2) is 10.4. The van der Waals surface area contributed by atoms with Gasteiger partial charge in [0.15, 0.2) is 0 Å². The van der Waals surface area contributed by atoms with Crippen LogP contribution in [0.4, 0.5) is 0 Å². The molecular weight excluding hydrogens is 384 g/mol. The van der Waals surface area contributed by atoms with E-state index >= 15 is 0 Å². The fourth-order valence-electron chi connectivity index (χ4n) is 4.33. The average Bonchev–Trinajstić information content (AvgIpc) is 3.33. The van der Waals surface area contributed by atoms with Crippen LogP contribution in [0.3, 0.4) is 0 Å². The number of benzene rings is 2. The zero-order chi connectivity index (χ0) is 21.5. The van der Waals surface area contributed by atoms with Crippen LogP contribution < -0.4 is 0 Å². The third-order valence-electron chi connectivity index (χ3n) is 6.16. The summed E-state index contributed by atoms with van der Waals surface area (Å²) in [6.07, 6.45) is 4.50. The van der Waals surface area contributed by atoms with Gasteiger partial charge >= 0.3 is 0 Å². The SMILES string of the molecule is CCCCN1CCC(N(Cc2ccccc2)C(=O)c2cc(-c3ccccc3)n[nH]2)CC1. The van der Waals surface area contributed by atoms with Gasteiger partial charge in [-0.15, -0.1) is 0 Å². The number of hydrogen-bond donors (Lipinski definition) is 1. The van der Waals surface area contributed by atoms with Crippen molar-refractivity contribution in [2.45, 2.75) is 45.2 Å². The molecule has 1 aliphatic heterocycles. The number of likely N-dealkylation sites (tertiary alicyclic amines) is 1. The Bertz CT molecular complexity index is 946. The van der Waals surface area contributed by atoms with Gasteiger partial charge in [0.2, 0.25) is 0 Å². The van der Waals surface area contributed by atoms with Crippen LogP contribution in [0.5, 0.6) is 0 Å². The van der Waals surface area contributed by atoms with Crippen LogP contribution in [0, 0.1) is 0 Å². The van der Waals surface area contributed by atoms with Crippen molar-refractivity contribution in [1.82, 2.24) is 20.0 Å². The van der Waals surface area contributed by atoms with Crippen LogP contribution in [-0.4, -0.2) is 51.6 Å². The van der Waals surface area contributed by atoms with Gasteiger partial charge in [0, 0.05) is 31.2 Å². The maximum Gasteiger partial charge on any atom is 0.272 e. The zero-order valence-electron chi connectivity index (χ0n) is 18.3. The van der Waals surface area contributed by atoms with E-state index in [0.29, 0.717) is 12.2 Å². The Kier molecular flexibility index (Phi) is 7.15. The van der Waals surface area contributed by atoms with Gasteiger partial charge in [0.05, 0.1) is 5.69 Å². The Morgan fingerprint density at radius 2 is 1.74 bits per heavy atom. The summed E-state index contributed by atoms with van der Waals surface area (Å²) in [5.74, 6) is 0.0329. The third kappa shape index (κ3) is 5.42. The summed E-state index contributed by atoms with van der Waals surface area (Å²) in [5, 5.41) is 7.40.